The number of carbonyl (C=O) groups is 2. The first-order valence-corrected chi connectivity index (χ1v) is 5.72. The van der Waals surface area contributed by atoms with Crippen LogP contribution in [0, 0.1) is 10.1 Å². The Labute approximate surface area is 113 Å². The van der Waals surface area contributed by atoms with Crippen molar-refractivity contribution < 1.29 is 19.6 Å². The molecule has 0 aromatic heterocycles. The quantitative estimate of drug-likeness (QED) is 0.634. The maximum atomic E-state index is 11.8. The number of nitrogens with one attached hydrogen (secondary N) is 1. The summed E-state index contributed by atoms with van der Waals surface area (Å²) in [5.41, 5.74) is -0.423. The summed E-state index contributed by atoms with van der Waals surface area (Å²) in [5, 5.41) is 21.7. The summed E-state index contributed by atoms with van der Waals surface area (Å²) in [6, 6.07) is 2.48. The number of halogens is 1. The van der Waals surface area contributed by atoms with Gasteiger partial charge in [-0.1, -0.05) is 18.5 Å². The number of carboxylic acids is 1. The molecule has 1 aromatic carbocycles. The van der Waals surface area contributed by atoms with Gasteiger partial charge in [-0.15, -0.1) is 0 Å². The molecule has 8 heteroatoms. The monoisotopic (exact) mass is 286 g/mol. The molecule has 0 radical (unpaired) electrons. The molecule has 1 aromatic rings. The summed E-state index contributed by atoms with van der Waals surface area (Å²) in [5.74, 6) is -1.87. The number of nitro groups is 1. The van der Waals surface area contributed by atoms with E-state index in [0.29, 0.717) is 0 Å². The van der Waals surface area contributed by atoms with Crippen LogP contribution in [0.25, 0.3) is 0 Å². The first-order chi connectivity index (χ1) is 8.86. The molecule has 0 heterocycles. The lowest BCUT2D eigenvalue weighted by Crippen LogP contribution is -2.40. The Bertz CT molecular complexity index is 532. The second kappa shape index (κ2) is 6.14. The summed E-state index contributed by atoms with van der Waals surface area (Å²) < 4.78 is 0. The number of nitrogens with zero attached hydrogens (tertiary/aromatic N) is 1. The third-order valence-electron chi connectivity index (χ3n) is 2.42. The van der Waals surface area contributed by atoms with E-state index in [9.17, 15) is 19.7 Å². The van der Waals surface area contributed by atoms with Crippen LogP contribution in [-0.2, 0) is 4.79 Å². The summed E-state index contributed by atoms with van der Waals surface area (Å²) in [4.78, 5) is 32.5. The normalized spacial score (nSPS) is 11.7. The zero-order valence-corrected chi connectivity index (χ0v) is 10.7. The van der Waals surface area contributed by atoms with Crippen LogP contribution >= 0.6 is 11.6 Å². The van der Waals surface area contributed by atoms with Crippen molar-refractivity contribution in [3.63, 3.8) is 0 Å². The third-order valence-corrected chi connectivity index (χ3v) is 2.74. The lowest BCUT2D eigenvalue weighted by Gasteiger charge is -2.12. The second-order valence-electron chi connectivity index (χ2n) is 3.70. The van der Waals surface area contributed by atoms with Gasteiger partial charge in [-0.25, -0.2) is 4.79 Å². The van der Waals surface area contributed by atoms with Crippen LogP contribution in [0.5, 0.6) is 0 Å². The van der Waals surface area contributed by atoms with E-state index in [1.807, 2.05) is 0 Å². The maximum Gasteiger partial charge on any atom is 0.326 e. The second-order valence-corrected chi connectivity index (χ2v) is 4.10. The standard InChI is InChI=1S/C11H11ClN2O5/c1-2-8(11(16)17)13-10(15)6-3-4-7(12)9(5-6)14(18)19/h3-5,8H,2H2,1H3,(H,13,15)(H,16,17). The Morgan fingerprint density at radius 2 is 2.16 bits per heavy atom. The highest BCUT2D eigenvalue weighted by Gasteiger charge is 2.21. The molecule has 1 rings (SSSR count). The van der Waals surface area contributed by atoms with Gasteiger partial charge in [0.25, 0.3) is 11.6 Å². The fourth-order valence-electron chi connectivity index (χ4n) is 1.37. The Morgan fingerprint density at radius 3 is 2.63 bits per heavy atom. The van der Waals surface area contributed by atoms with Crippen molar-refractivity contribution >= 4 is 29.2 Å². The Kier molecular flexibility index (Phi) is 4.82. The van der Waals surface area contributed by atoms with E-state index in [4.69, 9.17) is 16.7 Å². The SMILES string of the molecule is CCC(NC(=O)c1ccc(Cl)c([N+](=O)[O-])c1)C(=O)O. The van der Waals surface area contributed by atoms with Gasteiger partial charge in [0, 0.05) is 11.6 Å². The summed E-state index contributed by atoms with van der Waals surface area (Å²) in [6.45, 7) is 1.60. The van der Waals surface area contributed by atoms with E-state index in [0.717, 1.165) is 6.07 Å². The molecule has 0 fully saturated rings. The van der Waals surface area contributed by atoms with Crippen molar-refractivity contribution in [3.05, 3.63) is 38.9 Å². The van der Waals surface area contributed by atoms with Crippen LogP contribution in [0.15, 0.2) is 18.2 Å². The molecule has 1 unspecified atom stereocenters. The molecule has 7 nitrogen and oxygen atoms in total. The first kappa shape index (κ1) is 14.9. The minimum atomic E-state index is -1.17. The molecule has 102 valence electrons. The lowest BCUT2D eigenvalue weighted by atomic mass is 10.1. The predicted octanol–water partition coefficient (Wildman–Crippen LogP) is 1.84. The molecule has 0 aliphatic rings. The third kappa shape index (κ3) is 3.65. The van der Waals surface area contributed by atoms with Gasteiger partial charge in [-0.05, 0) is 18.6 Å². The smallest absolute Gasteiger partial charge is 0.326 e. The molecule has 19 heavy (non-hydrogen) atoms. The molecule has 0 spiro atoms. The first-order valence-electron chi connectivity index (χ1n) is 5.34. The van der Waals surface area contributed by atoms with E-state index in [-0.39, 0.29) is 17.0 Å². The van der Waals surface area contributed by atoms with Gasteiger partial charge in [-0.2, -0.15) is 0 Å². The molecule has 0 bridgehead atoms. The van der Waals surface area contributed by atoms with E-state index < -0.39 is 28.5 Å². The van der Waals surface area contributed by atoms with E-state index in [1.54, 1.807) is 6.92 Å². The van der Waals surface area contributed by atoms with Crippen molar-refractivity contribution in [2.75, 3.05) is 0 Å². The maximum absolute atomic E-state index is 11.8. The van der Waals surface area contributed by atoms with Crippen molar-refractivity contribution in [1.82, 2.24) is 5.32 Å². The van der Waals surface area contributed by atoms with E-state index in [2.05, 4.69) is 5.32 Å². The predicted molar refractivity (Wildman–Crippen MR) is 67.3 cm³/mol. The van der Waals surface area contributed by atoms with Gasteiger partial charge in [0.2, 0.25) is 0 Å². The number of nitro benzene ring substituents is 1. The molecule has 0 saturated heterocycles. The van der Waals surface area contributed by atoms with Crippen molar-refractivity contribution in [1.29, 1.82) is 0 Å². The summed E-state index contributed by atoms with van der Waals surface area (Å²) in [6.07, 6.45) is 0.205. The number of hydrogen-bond donors (Lipinski definition) is 2. The van der Waals surface area contributed by atoms with Gasteiger partial charge >= 0.3 is 5.97 Å². The highest BCUT2D eigenvalue weighted by atomic mass is 35.5. The fourth-order valence-corrected chi connectivity index (χ4v) is 1.56. The van der Waals surface area contributed by atoms with Gasteiger partial charge in [0.15, 0.2) is 0 Å². The highest BCUT2D eigenvalue weighted by Crippen LogP contribution is 2.25. The molecule has 0 aliphatic heterocycles. The van der Waals surface area contributed by atoms with Gasteiger partial charge < -0.3 is 10.4 Å². The average Bonchev–Trinajstić information content (AvgIpc) is 2.35. The minimum Gasteiger partial charge on any atom is -0.480 e. The molecule has 0 saturated carbocycles. The molecular weight excluding hydrogens is 276 g/mol. The van der Waals surface area contributed by atoms with Gasteiger partial charge in [0.1, 0.15) is 11.1 Å². The zero-order chi connectivity index (χ0) is 14.6. The van der Waals surface area contributed by atoms with Crippen molar-refractivity contribution in [2.45, 2.75) is 19.4 Å². The zero-order valence-electron chi connectivity index (χ0n) is 9.92. The highest BCUT2D eigenvalue weighted by molar-refractivity contribution is 6.32. The number of amides is 1. The average molecular weight is 287 g/mol. The minimum absolute atomic E-state index is 0.0178. The van der Waals surface area contributed by atoms with Crippen LogP contribution in [0.4, 0.5) is 5.69 Å². The topological polar surface area (TPSA) is 110 Å². The van der Waals surface area contributed by atoms with E-state index in [1.165, 1.54) is 12.1 Å². The van der Waals surface area contributed by atoms with E-state index >= 15 is 0 Å². The van der Waals surface area contributed by atoms with Gasteiger partial charge in [0.05, 0.1) is 4.92 Å². The summed E-state index contributed by atoms with van der Waals surface area (Å²) >= 11 is 5.61. The Hall–Kier alpha value is -2.15. The van der Waals surface area contributed by atoms with Crippen molar-refractivity contribution in [2.24, 2.45) is 0 Å². The van der Waals surface area contributed by atoms with Crippen molar-refractivity contribution in [3.8, 4) is 0 Å². The number of carboxylic acid groups (broad SMARTS) is 1. The number of rotatable bonds is 5. The van der Waals surface area contributed by atoms with Crippen LogP contribution < -0.4 is 5.32 Å². The Balaban J connectivity index is 2.97. The fraction of sp³-hybridized carbons (Fsp3) is 0.273. The van der Waals surface area contributed by atoms with Crippen LogP contribution in [-0.4, -0.2) is 27.9 Å². The molecule has 1 amide bonds. The molecule has 0 aliphatic carbocycles. The largest absolute Gasteiger partial charge is 0.480 e. The van der Waals surface area contributed by atoms with Crippen LogP contribution in [0.2, 0.25) is 5.02 Å². The van der Waals surface area contributed by atoms with Gasteiger partial charge in [-0.3, -0.25) is 14.9 Å². The number of benzene rings is 1. The summed E-state index contributed by atoms with van der Waals surface area (Å²) in [7, 11) is 0. The Morgan fingerprint density at radius 1 is 1.53 bits per heavy atom. The van der Waals surface area contributed by atoms with Crippen LogP contribution in [0.3, 0.4) is 0 Å². The number of aliphatic carboxylic acids is 1. The number of carbonyl (C=O) groups excluding carboxylic acids is 1. The molecular formula is C11H11ClN2O5. The number of hydrogen-bond acceptors (Lipinski definition) is 4. The molecule has 2 N–H and O–H groups in total. The lowest BCUT2D eigenvalue weighted by molar-refractivity contribution is -0.384. The molecule has 1 atom stereocenters. The van der Waals surface area contributed by atoms with Crippen LogP contribution in [0.1, 0.15) is 23.7 Å².